The van der Waals surface area contributed by atoms with Gasteiger partial charge in [-0.15, -0.1) is 0 Å². The second-order valence-electron chi connectivity index (χ2n) is 6.85. The first kappa shape index (κ1) is 17.7. The van der Waals surface area contributed by atoms with Crippen molar-refractivity contribution in [2.75, 3.05) is 6.54 Å². The van der Waals surface area contributed by atoms with Gasteiger partial charge in [-0.1, -0.05) is 42.5 Å². The number of halogens is 1. The molecule has 0 aliphatic carbocycles. The molecule has 0 radical (unpaired) electrons. The lowest BCUT2D eigenvalue weighted by Gasteiger charge is -2.26. The van der Waals surface area contributed by atoms with Crippen molar-refractivity contribution >= 4 is 34.2 Å². The monoisotopic (exact) mass is 405 g/mol. The molecule has 2 heterocycles. The van der Waals surface area contributed by atoms with E-state index in [-0.39, 0.29) is 10.6 Å². The average molecular weight is 405 g/mol. The molecule has 0 spiro atoms. The SMILES string of the molecule is O=S(=O)(Oc1cccc2c1=CN1CC=c3ccccc3=C1C=2)c1ccc(F)cc1. The zero-order valence-electron chi connectivity index (χ0n) is 15.2. The summed E-state index contributed by atoms with van der Waals surface area (Å²) in [5.74, 6) is -0.269. The van der Waals surface area contributed by atoms with Crippen molar-refractivity contribution in [3.8, 4) is 5.75 Å². The van der Waals surface area contributed by atoms with Gasteiger partial charge in [0.25, 0.3) is 0 Å². The van der Waals surface area contributed by atoms with E-state index in [0.717, 1.165) is 28.3 Å². The van der Waals surface area contributed by atoms with Gasteiger partial charge in [-0.25, -0.2) is 4.39 Å². The molecule has 144 valence electrons. The molecule has 29 heavy (non-hydrogen) atoms. The highest BCUT2D eigenvalue weighted by atomic mass is 32.2. The molecule has 2 aliphatic rings. The molecule has 6 heteroatoms. The van der Waals surface area contributed by atoms with Crippen LogP contribution in [0.1, 0.15) is 0 Å². The predicted molar refractivity (Wildman–Crippen MR) is 109 cm³/mol. The fraction of sp³-hybridized carbons (Fsp3) is 0.0435. The lowest BCUT2D eigenvalue weighted by Crippen LogP contribution is -2.43. The first-order chi connectivity index (χ1) is 14.0. The summed E-state index contributed by atoms with van der Waals surface area (Å²) in [5, 5.41) is 3.87. The van der Waals surface area contributed by atoms with Gasteiger partial charge in [0.2, 0.25) is 0 Å². The van der Waals surface area contributed by atoms with Crippen LogP contribution in [0.4, 0.5) is 4.39 Å². The van der Waals surface area contributed by atoms with Crippen LogP contribution in [0, 0.1) is 5.82 Å². The third kappa shape index (κ3) is 3.11. The van der Waals surface area contributed by atoms with Crippen LogP contribution < -0.4 is 25.1 Å². The van der Waals surface area contributed by atoms with Crippen LogP contribution in [0.2, 0.25) is 0 Å². The van der Waals surface area contributed by atoms with E-state index in [2.05, 4.69) is 23.1 Å². The van der Waals surface area contributed by atoms with Gasteiger partial charge < -0.3 is 9.08 Å². The number of hydrogen-bond acceptors (Lipinski definition) is 4. The number of benzene rings is 3. The summed E-state index contributed by atoms with van der Waals surface area (Å²) >= 11 is 0. The van der Waals surface area contributed by atoms with Crippen LogP contribution in [0.15, 0.2) is 71.6 Å². The number of hydrogen-bond donors (Lipinski definition) is 0. The van der Waals surface area contributed by atoms with Crippen molar-refractivity contribution < 1.29 is 17.0 Å². The van der Waals surface area contributed by atoms with Crippen LogP contribution in [-0.4, -0.2) is 19.9 Å². The number of nitrogens with zero attached hydrogens (tertiary/aromatic N) is 1. The standard InChI is InChI=1S/C23H16FNO3S/c24-18-8-10-19(11-9-18)29(26,27)28-23-7-3-5-17-14-22-20-6-2-1-4-16(20)12-13-25(22)15-21(17)23/h1-12,14-15H,13H2. The summed E-state index contributed by atoms with van der Waals surface area (Å²) in [4.78, 5) is 1.98. The van der Waals surface area contributed by atoms with Gasteiger partial charge in [0, 0.05) is 28.9 Å². The molecule has 0 fully saturated rings. The van der Waals surface area contributed by atoms with Crippen LogP contribution in [-0.2, 0) is 10.1 Å². The van der Waals surface area contributed by atoms with E-state index in [9.17, 15) is 12.8 Å². The predicted octanol–water partition coefficient (Wildman–Crippen LogP) is 1.03. The average Bonchev–Trinajstić information content (AvgIpc) is 2.73. The maximum absolute atomic E-state index is 13.1. The van der Waals surface area contributed by atoms with Gasteiger partial charge in [-0.3, -0.25) is 0 Å². The highest BCUT2D eigenvalue weighted by Gasteiger charge is 2.20. The Morgan fingerprint density at radius 2 is 1.66 bits per heavy atom. The van der Waals surface area contributed by atoms with Crippen molar-refractivity contribution in [3.05, 3.63) is 93.4 Å². The Kier molecular flexibility index (Phi) is 4.03. The molecule has 3 aromatic carbocycles. The molecule has 0 aromatic heterocycles. The van der Waals surface area contributed by atoms with Crippen LogP contribution >= 0.6 is 0 Å². The molecule has 0 amide bonds. The summed E-state index contributed by atoms with van der Waals surface area (Å²) < 4.78 is 43.9. The number of rotatable bonds is 3. The normalized spacial score (nSPS) is 14.5. The lowest BCUT2D eigenvalue weighted by molar-refractivity contribution is 0.482. The molecule has 4 nitrogen and oxygen atoms in total. The molecule has 0 saturated carbocycles. The Labute approximate surface area is 166 Å². The summed E-state index contributed by atoms with van der Waals surface area (Å²) in [5.41, 5.74) is 1.06. The van der Waals surface area contributed by atoms with Crippen molar-refractivity contribution in [2.45, 2.75) is 4.90 Å². The molecule has 2 aliphatic heterocycles. The van der Waals surface area contributed by atoms with Gasteiger partial charge in [0.15, 0.2) is 5.75 Å². The topological polar surface area (TPSA) is 46.6 Å². The maximum atomic E-state index is 13.1. The molecular formula is C23H16FNO3S. The molecule has 0 N–H and O–H groups in total. The van der Waals surface area contributed by atoms with E-state index in [0.29, 0.717) is 11.8 Å². The maximum Gasteiger partial charge on any atom is 0.339 e. The van der Waals surface area contributed by atoms with E-state index in [1.54, 1.807) is 12.1 Å². The Balaban J connectivity index is 1.64. The van der Waals surface area contributed by atoms with E-state index in [1.807, 2.05) is 30.5 Å². The molecular weight excluding hydrogens is 389 g/mol. The molecule has 0 saturated heterocycles. The van der Waals surface area contributed by atoms with Gasteiger partial charge in [-0.05, 0) is 46.8 Å². The van der Waals surface area contributed by atoms with E-state index >= 15 is 0 Å². The van der Waals surface area contributed by atoms with Crippen molar-refractivity contribution in [1.29, 1.82) is 0 Å². The highest BCUT2D eigenvalue weighted by molar-refractivity contribution is 7.87. The third-order valence-corrected chi connectivity index (χ3v) is 6.28. The van der Waals surface area contributed by atoms with Crippen molar-refractivity contribution in [1.82, 2.24) is 4.90 Å². The second-order valence-corrected chi connectivity index (χ2v) is 8.40. The minimum atomic E-state index is -4.08. The summed E-state index contributed by atoms with van der Waals surface area (Å²) in [6, 6.07) is 18.1. The molecule has 0 bridgehead atoms. The fourth-order valence-electron chi connectivity index (χ4n) is 3.61. The van der Waals surface area contributed by atoms with Gasteiger partial charge in [0.05, 0.1) is 0 Å². The minimum absolute atomic E-state index is 0.0937. The second kappa shape index (κ2) is 6.60. The molecule has 5 rings (SSSR count). The molecule has 0 atom stereocenters. The third-order valence-electron chi connectivity index (χ3n) is 5.03. The van der Waals surface area contributed by atoms with E-state index < -0.39 is 15.9 Å². The summed E-state index contributed by atoms with van der Waals surface area (Å²) in [6.45, 7) is 0.682. The fourth-order valence-corrected chi connectivity index (χ4v) is 4.56. The first-order valence-electron chi connectivity index (χ1n) is 9.10. The van der Waals surface area contributed by atoms with Gasteiger partial charge in [-0.2, -0.15) is 8.42 Å². The zero-order valence-corrected chi connectivity index (χ0v) is 16.1. The van der Waals surface area contributed by atoms with Crippen molar-refractivity contribution in [3.63, 3.8) is 0 Å². The number of fused-ring (bicyclic) bond motifs is 3. The minimum Gasteiger partial charge on any atom is -0.378 e. The Bertz CT molecular complexity index is 1480. The highest BCUT2D eigenvalue weighted by Crippen LogP contribution is 2.17. The van der Waals surface area contributed by atoms with Crippen LogP contribution in [0.3, 0.4) is 0 Å². The molecule has 3 aromatic rings. The Hall–Kier alpha value is -3.38. The molecule has 0 unspecified atom stereocenters. The zero-order chi connectivity index (χ0) is 20.0. The van der Waals surface area contributed by atoms with E-state index in [1.165, 1.54) is 17.4 Å². The smallest absolute Gasteiger partial charge is 0.339 e. The Morgan fingerprint density at radius 1 is 0.897 bits per heavy atom. The lowest BCUT2D eigenvalue weighted by atomic mass is 10.1. The van der Waals surface area contributed by atoms with Gasteiger partial charge >= 0.3 is 10.1 Å². The summed E-state index contributed by atoms with van der Waals surface area (Å²) in [7, 11) is -4.08. The quantitative estimate of drug-likeness (QED) is 0.611. The Morgan fingerprint density at radius 3 is 2.48 bits per heavy atom. The van der Waals surface area contributed by atoms with Crippen molar-refractivity contribution in [2.24, 2.45) is 0 Å². The van der Waals surface area contributed by atoms with Crippen LogP contribution in [0.25, 0.3) is 24.0 Å². The van der Waals surface area contributed by atoms with Gasteiger partial charge in [0.1, 0.15) is 10.7 Å². The first-order valence-corrected chi connectivity index (χ1v) is 10.5. The largest absolute Gasteiger partial charge is 0.378 e. The summed E-state index contributed by atoms with van der Waals surface area (Å²) in [6.07, 6.45) is 6.08. The van der Waals surface area contributed by atoms with Crippen LogP contribution in [0.5, 0.6) is 5.75 Å². The van der Waals surface area contributed by atoms with E-state index in [4.69, 9.17) is 4.18 Å².